The van der Waals surface area contributed by atoms with E-state index in [-0.39, 0.29) is 0 Å². The molecule has 14 heavy (non-hydrogen) atoms. The quantitative estimate of drug-likeness (QED) is 0.788. The standard InChI is InChI=1S/C10H14N4/c1-4-8-11-5-7-10(13-8)14-9(12-7)6(2)3/h5-6H,4H2,1-3H3,(H,11,12,13,14). The second-order valence-corrected chi connectivity index (χ2v) is 3.65. The number of nitrogens with one attached hydrogen (secondary N) is 1. The zero-order valence-electron chi connectivity index (χ0n) is 8.70. The first-order valence-electron chi connectivity index (χ1n) is 4.92. The number of aromatic nitrogens is 4. The van der Waals surface area contributed by atoms with E-state index in [1.807, 2.05) is 6.92 Å². The highest BCUT2D eigenvalue weighted by atomic mass is 15.0. The molecular weight excluding hydrogens is 176 g/mol. The van der Waals surface area contributed by atoms with Crippen molar-refractivity contribution >= 4 is 11.2 Å². The third-order valence-corrected chi connectivity index (χ3v) is 2.17. The number of hydrogen-bond acceptors (Lipinski definition) is 3. The average Bonchev–Trinajstić information content (AvgIpc) is 2.59. The summed E-state index contributed by atoms with van der Waals surface area (Å²) in [5.41, 5.74) is 1.70. The minimum Gasteiger partial charge on any atom is -0.339 e. The Balaban J connectivity index is 2.54. The van der Waals surface area contributed by atoms with Gasteiger partial charge in [0.2, 0.25) is 0 Å². The lowest BCUT2D eigenvalue weighted by Gasteiger charge is -1.95. The monoisotopic (exact) mass is 190 g/mol. The van der Waals surface area contributed by atoms with Gasteiger partial charge >= 0.3 is 0 Å². The van der Waals surface area contributed by atoms with Gasteiger partial charge in [0.25, 0.3) is 0 Å². The highest BCUT2D eigenvalue weighted by Gasteiger charge is 2.07. The lowest BCUT2D eigenvalue weighted by atomic mass is 10.2. The summed E-state index contributed by atoms with van der Waals surface area (Å²) >= 11 is 0. The maximum Gasteiger partial charge on any atom is 0.181 e. The van der Waals surface area contributed by atoms with Gasteiger partial charge in [0.1, 0.15) is 17.2 Å². The van der Waals surface area contributed by atoms with Crippen LogP contribution in [0.4, 0.5) is 0 Å². The Hall–Kier alpha value is -1.45. The van der Waals surface area contributed by atoms with Crippen LogP contribution in [0.2, 0.25) is 0 Å². The Labute approximate surface area is 82.8 Å². The first-order chi connectivity index (χ1) is 6.70. The SMILES string of the molecule is CCc1ncc2[nH]c(C(C)C)nc2n1. The maximum atomic E-state index is 4.41. The van der Waals surface area contributed by atoms with Gasteiger partial charge < -0.3 is 4.98 Å². The van der Waals surface area contributed by atoms with E-state index < -0.39 is 0 Å². The molecule has 2 aromatic heterocycles. The molecule has 1 N–H and O–H groups in total. The van der Waals surface area contributed by atoms with Gasteiger partial charge in [-0.25, -0.2) is 15.0 Å². The van der Waals surface area contributed by atoms with Crippen molar-refractivity contribution in [1.82, 2.24) is 19.9 Å². The molecule has 4 heteroatoms. The molecule has 0 amide bonds. The van der Waals surface area contributed by atoms with E-state index in [1.54, 1.807) is 6.20 Å². The molecule has 0 fully saturated rings. The largest absolute Gasteiger partial charge is 0.339 e. The third kappa shape index (κ3) is 1.47. The van der Waals surface area contributed by atoms with Crippen molar-refractivity contribution in [1.29, 1.82) is 0 Å². The van der Waals surface area contributed by atoms with E-state index in [2.05, 4.69) is 33.8 Å². The molecule has 2 aromatic rings. The first kappa shape index (κ1) is 9.12. The zero-order valence-corrected chi connectivity index (χ0v) is 8.70. The molecule has 0 saturated carbocycles. The van der Waals surface area contributed by atoms with Crippen LogP contribution < -0.4 is 0 Å². The zero-order chi connectivity index (χ0) is 10.1. The van der Waals surface area contributed by atoms with Crippen molar-refractivity contribution in [2.75, 3.05) is 0 Å². The second-order valence-electron chi connectivity index (χ2n) is 3.65. The van der Waals surface area contributed by atoms with Crippen LogP contribution in [-0.2, 0) is 6.42 Å². The van der Waals surface area contributed by atoms with Gasteiger partial charge in [0.05, 0.1) is 6.20 Å². The van der Waals surface area contributed by atoms with Gasteiger partial charge in [-0.3, -0.25) is 0 Å². The molecule has 74 valence electrons. The molecule has 2 heterocycles. The van der Waals surface area contributed by atoms with E-state index in [9.17, 15) is 0 Å². The third-order valence-electron chi connectivity index (χ3n) is 2.17. The number of hydrogen-bond donors (Lipinski definition) is 1. The molecule has 2 rings (SSSR count). The topological polar surface area (TPSA) is 54.5 Å². The fourth-order valence-electron chi connectivity index (χ4n) is 1.31. The molecule has 0 bridgehead atoms. The fraction of sp³-hybridized carbons (Fsp3) is 0.500. The van der Waals surface area contributed by atoms with Crippen LogP contribution in [0.15, 0.2) is 6.20 Å². The van der Waals surface area contributed by atoms with Gasteiger partial charge in [-0.15, -0.1) is 0 Å². The summed E-state index contributed by atoms with van der Waals surface area (Å²) in [5.74, 6) is 2.22. The van der Waals surface area contributed by atoms with Gasteiger partial charge in [0.15, 0.2) is 5.65 Å². The van der Waals surface area contributed by atoms with E-state index >= 15 is 0 Å². The van der Waals surface area contributed by atoms with Crippen molar-refractivity contribution in [2.45, 2.75) is 33.1 Å². The van der Waals surface area contributed by atoms with Crippen molar-refractivity contribution in [3.05, 3.63) is 17.8 Å². The van der Waals surface area contributed by atoms with Crippen LogP contribution in [0.3, 0.4) is 0 Å². The number of aryl methyl sites for hydroxylation is 1. The smallest absolute Gasteiger partial charge is 0.181 e. The molecule has 0 radical (unpaired) electrons. The van der Waals surface area contributed by atoms with Gasteiger partial charge in [-0.2, -0.15) is 0 Å². The van der Waals surface area contributed by atoms with E-state index in [0.717, 1.165) is 29.2 Å². The van der Waals surface area contributed by atoms with Crippen molar-refractivity contribution in [2.24, 2.45) is 0 Å². The molecule has 0 aliphatic heterocycles. The van der Waals surface area contributed by atoms with Crippen LogP contribution in [-0.4, -0.2) is 19.9 Å². The molecule has 0 atom stereocenters. The van der Waals surface area contributed by atoms with Crippen molar-refractivity contribution in [3.8, 4) is 0 Å². The Morgan fingerprint density at radius 3 is 2.79 bits per heavy atom. The summed E-state index contributed by atoms with van der Waals surface area (Å²) < 4.78 is 0. The van der Waals surface area contributed by atoms with E-state index in [4.69, 9.17) is 0 Å². The summed E-state index contributed by atoms with van der Waals surface area (Å²) in [6.07, 6.45) is 2.65. The summed E-state index contributed by atoms with van der Waals surface area (Å²) in [7, 11) is 0. The van der Waals surface area contributed by atoms with Crippen molar-refractivity contribution < 1.29 is 0 Å². The van der Waals surface area contributed by atoms with Crippen LogP contribution in [0.25, 0.3) is 11.2 Å². The number of rotatable bonds is 2. The predicted octanol–water partition coefficient (Wildman–Crippen LogP) is 2.04. The number of nitrogens with zero attached hydrogens (tertiary/aromatic N) is 3. The Bertz CT molecular complexity index is 444. The van der Waals surface area contributed by atoms with Gasteiger partial charge in [-0.05, 0) is 0 Å². The summed E-state index contributed by atoms with van der Waals surface area (Å²) in [4.78, 5) is 16.2. The first-order valence-corrected chi connectivity index (χ1v) is 4.92. The molecule has 0 aliphatic carbocycles. The van der Waals surface area contributed by atoms with Crippen LogP contribution in [0.5, 0.6) is 0 Å². The Morgan fingerprint density at radius 2 is 2.14 bits per heavy atom. The van der Waals surface area contributed by atoms with Gasteiger partial charge in [0, 0.05) is 12.3 Å². The highest BCUT2D eigenvalue weighted by molar-refractivity contribution is 5.69. The molecule has 0 aromatic carbocycles. The Kier molecular flexibility index (Phi) is 2.19. The van der Waals surface area contributed by atoms with Crippen LogP contribution in [0.1, 0.15) is 38.3 Å². The number of imidazole rings is 1. The fourth-order valence-corrected chi connectivity index (χ4v) is 1.31. The second kappa shape index (κ2) is 3.36. The Morgan fingerprint density at radius 1 is 1.36 bits per heavy atom. The molecule has 0 saturated heterocycles. The molecular formula is C10H14N4. The molecule has 0 spiro atoms. The van der Waals surface area contributed by atoms with Crippen LogP contribution in [0, 0.1) is 0 Å². The summed E-state index contributed by atoms with van der Waals surface area (Å²) in [6, 6.07) is 0. The normalized spacial score (nSPS) is 11.4. The lowest BCUT2D eigenvalue weighted by molar-refractivity contribution is 0.798. The number of H-pyrrole nitrogens is 1. The highest BCUT2D eigenvalue weighted by Crippen LogP contribution is 2.14. The molecule has 4 nitrogen and oxygen atoms in total. The minimum absolute atomic E-state index is 0.397. The van der Waals surface area contributed by atoms with Gasteiger partial charge in [-0.1, -0.05) is 20.8 Å². The molecule has 0 aliphatic rings. The van der Waals surface area contributed by atoms with E-state index in [0.29, 0.717) is 5.92 Å². The lowest BCUT2D eigenvalue weighted by Crippen LogP contribution is -1.91. The summed E-state index contributed by atoms with van der Waals surface area (Å²) in [5, 5.41) is 0. The average molecular weight is 190 g/mol. The van der Waals surface area contributed by atoms with E-state index in [1.165, 1.54) is 0 Å². The minimum atomic E-state index is 0.397. The summed E-state index contributed by atoms with van der Waals surface area (Å²) in [6.45, 7) is 6.24. The maximum absolute atomic E-state index is 4.41. The van der Waals surface area contributed by atoms with Crippen molar-refractivity contribution in [3.63, 3.8) is 0 Å². The molecule has 0 unspecified atom stereocenters. The number of aromatic amines is 1. The number of fused-ring (bicyclic) bond motifs is 1. The van der Waals surface area contributed by atoms with Crippen LogP contribution >= 0.6 is 0 Å². The predicted molar refractivity (Wildman–Crippen MR) is 55.2 cm³/mol.